The highest BCUT2D eigenvalue weighted by molar-refractivity contribution is 9.10. The molecule has 1 saturated carbocycles. The summed E-state index contributed by atoms with van der Waals surface area (Å²) in [6.07, 6.45) is 5.73. The van der Waals surface area contributed by atoms with Crippen LogP contribution in [0.2, 0.25) is 0 Å². The molecule has 0 spiro atoms. The summed E-state index contributed by atoms with van der Waals surface area (Å²) in [5.41, 5.74) is -0.504. The Kier molecular flexibility index (Phi) is 4.98. The third-order valence-electron chi connectivity index (χ3n) is 3.60. The quantitative estimate of drug-likeness (QED) is 0.801. The van der Waals surface area contributed by atoms with Crippen LogP contribution < -0.4 is 0 Å². The molecule has 0 amide bonds. The van der Waals surface area contributed by atoms with Crippen molar-refractivity contribution in [1.29, 1.82) is 0 Å². The lowest BCUT2D eigenvalue weighted by atomic mass is 9.80. The van der Waals surface area contributed by atoms with Crippen molar-refractivity contribution in [3.8, 4) is 0 Å². The van der Waals surface area contributed by atoms with Crippen molar-refractivity contribution in [2.75, 3.05) is 6.61 Å². The summed E-state index contributed by atoms with van der Waals surface area (Å²) in [5, 5.41) is 2.01. The molecule has 0 saturated heterocycles. The first-order chi connectivity index (χ1) is 8.68. The van der Waals surface area contributed by atoms with Crippen molar-refractivity contribution >= 4 is 33.0 Å². The summed E-state index contributed by atoms with van der Waals surface area (Å²) in [4.78, 5) is 13.7. The van der Waals surface area contributed by atoms with Crippen LogP contribution in [0.25, 0.3) is 0 Å². The van der Waals surface area contributed by atoms with Gasteiger partial charge in [-0.1, -0.05) is 19.3 Å². The van der Waals surface area contributed by atoms with Gasteiger partial charge in [0.1, 0.15) is 5.60 Å². The Morgan fingerprint density at radius 1 is 1.44 bits per heavy atom. The maximum atomic E-state index is 12.6. The number of ketones is 1. The number of Topliss-reactive ketones (excluding diaryl/α,β-unsaturated/α-hetero) is 1. The lowest BCUT2D eigenvalue weighted by molar-refractivity contribution is -0.148. The van der Waals surface area contributed by atoms with E-state index in [1.54, 1.807) is 11.3 Å². The average molecular weight is 331 g/mol. The molecule has 100 valence electrons. The smallest absolute Gasteiger partial charge is 0.169 e. The van der Waals surface area contributed by atoms with Gasteiger partial charge in [-0.25, -0.2) is 0 Å². The predicted octanol–water partition coefficient (Wildman–Crippen LogP) is 4.36. The predicted molar refractivity (Wildman–Crippen MR) is 78.2 cm³/mol. The van der Waals surface area contributed by atoms with Crippen LogP contribution in [-0.4, -0.2) is 18.0 Å². The fourth-order valence-corrected chi connectivity index (χ4v) is 4.15. The number of hydrogen-bond donors (Lipinski definition) is 0. The molecule has 0 unspecified atom stereocenters. The first kappa shape index (κ1) is 14.2. The summed E-state index contributed by atoms with van der Waals surface area (Å²) >= 11 is 5.13. The highest BCUT2D eigenvalue weighted by Gasteiger charge is 2.39. The van der Waals surface area contributed by atoms with Gasteiger partial charge in [0, 0.05) is 22.4 Å². The molecule has 0 aromatic carbocycles. The Hall–Kier alpha value is -0.190. The molecular formula is C14H19BrO2S. The van der Waals surface area contributed by atoms with Gasteiger partial charge in [0.05, 0.1) is 0 Å². The molecule has 2 nitrogen and oxygen atoms in total. The largest absolute Gasteiger partial charge is 0.367 e. The minimum Gasteiger partial charge on any atom is -0.367 e. The van der Waals surface area contributed by atoms with Crippen LogP contribution in [0.15, 0.2) is 15.9 Å². The number of ether oxygens (including phenoxy) is 1. The van der Waals surface area contributed by atoms with Gasteiger partial charge < -0.3 is 4.74 Å². The van der Waals surface area contributed by atoms with E-state index in [0.29, 0.717) is 13.0 Å². The van der Waals surface area contributed by atoms with Crippen LogP contribution >= 0.6 is 27.3 Å². The molecule has 0 N–H and O–H groups in total. The minimum atomic E-state index is -0.504. The van der Waals surface area contributed by atoms with Gasteiger partial charge in [0.15, 0.2) is 5.78 Å². The van der Waals surface area contributed by atoms with E-state index in [-0.39, 0.29) is 5.78 Å². The highest BCUT2D eigenvalue weighted by atomic mass is 79.9. The van der Waals surface area contributed by atoms with Gasteiger partial charge in [-0.3, -0.25) is 4.79 Å². The van der Waals surface area contributed by atoms with Gasteiger partial charge in [-0.2, -0.15) is 0 Å². The number of carbonyl (C=O) groups excluding carboxylic acids is 1. The molecule has 1 aromatic rings. The van der Waals surface area contributed by atoms with Gasteiger partial charge in [0.25, 0.3) is 0 Å². The lowest BCUT2D eigenvalue weighted by Gasteiger charge is -2.35. The maximum Gasteiger partial charge on any atom is 0.169 e. The van der Waals surface area contributed by atoms with Crippen LogP contribution in [-0.2, 0) is 16.0 Å². The minimum absolute atomic E-state index is 0.257. The number of thiophene rings is 1. The molecule has 1 aliphatic rings. The monoisotopic (exact) mass is 330 g/mol. The van der Waals surface area contributed by atoms with Crippen molar-refractivity contribution in [3.63, 3.8) is 0 Å². The Morgan fingerprint density at radius 3 is 2.72 bits per heavy atom. The molecule has 2 rings (SSSR count). The number of rotatable bonds is 5. The maximum absolute atomic E-state index is 12.6. The molecule has 4 heteroatoms. The molecule has 0 aliphatic heterocycles. The standard InChI is InChI=1S/C14H19BrO2S/c1-2-17-14(7-4-3-5-8-14)13(16)10-12-11(15)6-9-18-12/h6,9H,2-5,7-8,10H2,1H3. The molecule has 1 fully saturated rings. The zero-order chi connectivity index (χ0) is 13.0. The van der Waals surface area contributed by atoms with E-state index in [1.165, 1.54) is 6.42 Å². The molecule has 1 aromatic heterocycles. The van der Waals surface area contributed by atoms with E-state index in [0.717, 1.165) is 35.0 Å². The molecule has 1 heterocycles. The summed E-state index contributed by atoms with van der Waals surface area (Å²) in [6.45, 7) is 2.60. The van der Waals surface area contributed by atoms with Crippen molar-refractivity contribution in [1.82, 2.24) is 0 Å². The molecule has 0 radical (unpaired) electrons. The molecule has 18 heavy (non-hydrogen) atoms. The van der Waals surface area contributed by atoms with E-state index in [1.807, 2.05) is 18.4 Å². The third kappa shape index (κ3) is 3.03. The molecular weight excluding hydrogens is 312 g/mol. The van der Waals surface area contributed by atoms with E-state index >= 15 is 0 Å². The highest BCUT2D eigenvalue weighted by Crippen LogP contribution is 2.35. The van der Waals surface area contributed by atoms with E-state index in [4.69, 9.17) is 4.74 Å². The third-order valence-corrected chi connectivity index (χ3v) is 5.53. The topological polar surface area (TPSA) is 26.3 Å². The summed E-state index contributed by atoms with van der Waals surface area (Å²) < 4.78 is 6.91. The number of carbonyl (C=O) groups is 1. The van der Waals surface area contributed by atoms with Crippen molar-refractivity contribution in [2.45, 2.75) is 51.0 Å². The first-order valence-corrected chi connectivity index (χ1v) is 8.24. The van der Waals surface area contributed by atoms with Gasteiger partial charge >= 0.3 is 0 Å². The van der Waals surface area contributed by atoms with Crippen LogP contribution in [0.1, 0.15) is 43.9 Å². The van der Waals surface area contributed by atoms with Crippen molar-refractivity contribution in [3.05, 3.63) is 20.8 Å². The van der Waals surface area contributed by atoms with Crippen LogP contribution in [0.4, 0.5) is 0 Å². The van der Waals surface area contributed by atoms with Crippen molar-refractivity contribution < 1.29 is 9.53 Å². The fourth-order valence-electron chi connectivity index (χ4n) is 2.66. The Bertz CT molecular complexity index is 402. The number of hydrogen-bond acceptors (Lipinski definition) is 3. The normalized spacial score (nSPS) is 18.8. The summed E-state index contributed by atoms with van der Waals surface area (Å²) in [7, 11) is 0. The average Bonchev–Trinajstić information content (AvgIpc) is 2.76. The van der Waals surface area contributed by atoms with Gasteiger partial charge in [0.2, 0.25) is 0 Å². The lowest BCUT2D eigenvalue weighted by Crippen LogP contribution is -2.44. The second kappa shape index (κ2) is 6.31. The van der Waals surface area contributed by atoms with E-state index in [2.05, 4.69) is 15.9 Å². The Labute approximate surface area is 121 Å². The second-order valence-electron chi connectivity index (χ2n) is 4.78. The van der Waals surface area contributed by atoms with Crippen LogP contribution in [0, 0.1) is 0 Å². The zero-order valence-corrected chi connectivity index (χ0v) is 13.1. The summed E-state index contributed by atoms with van der Waals surface area (Å²) in [6, 6.07) is 2.00. The van der Waals surface area contributed by atoms with Crippen LogP contribution in [0.3, 0.4) is 0 Å². The van der Waals surface area contributed by atoms with E-state index < -0.39 is 5.60 Å². The van der Waals surface area contributed by atoms with Gasteiger partial charge in [-0.05, 0) is 47.1 Å². The SMILES string of the molecule is CCOC1(C(=O)Cc2sccc2Br)CCCCC1. The van der Waals surface area contributed by atoms with E-state index in [9.17, 15) is 4.79 Å². The van der Waals surface area contributed by atoms with Crippen LogP contribution in [0.5, 0.6) is 0 Å². The first-order valence-electron chi connectivity index (χ1n) is 6.57. The second-order valence-corrected chi connectivity index (χ2v) is 6.63. The zero-order valence-electron chi connectivity index (χ0n) is 10.7. The summed E-state index contributed by atoms with van der Waals surface area (Å²) in [5.74, 6) is 0.257. The Balaban J connectivity index is 2.11. The molecule has 0 atom stereocenters. The number of halogens is 1. The molecule has 0 bridgehead atoms. The Morgan fingerprint density at radius 2 is 2.17 bits per heavy atom. The van der Waals surface area contributed by atoms with Crippen molar-refractivity contribution in [2.24, 2.45) is 0 Å². The van der Waals surface area contributed by atoms with Gasteiger partial charge in [-0.15, -0.1) is 11.3 Å². The fraction of sp³-hybridized carbons (Fsp3) is 0.643. The molecule has 1 aliphatic carbocycles.